The maximum atomic E-state index is 13.0. The molecule has 5 nitrogen and oxygen atoms in total. The van der Waals surface area contributed by atoms with Gasteiger partial charge in [-0.15, -0.1) is 0 Å². The summed E-state index contributed by atoms with van der Waals surface area (Å²) in [7, 11) is 0. The van der Waals surface area contributed by atoms with Gasteiger partial charge in [0.15, 0.2) is 0 Å². The van der Waals surface area contributed by atoms with Gasteiger partial charge in [-0.05, 0) is 56.3 Å². The molecule has 0 aliphatic carbocycles. The number of anilines is 3. The molecule has 0 saturated heterocycles. The van der Waals surface area contributed by atoms with Gasteiger partial charge in [0.2, 0.25) is 5.95 Å². The first kappa shape index (κ1) is 17.5. The van der Waals surface area contributed by atoms with Crippen molar-refractivity contribution in [1.82, 2.24) is 9.97 Å². The highest BCUT2D eigenvalue weighted by Crippen LogP contribution is 2.18. The maximum absolute atomic E-state index is 13.0. The van der Waals surface area contributed by atoms with E-state index in [1.807, 2.05) is 37.3 Å². The third kappa shape index (κ3) is 4.03. The molecule has 0 fully saturated rings. The summed E-state index contributed by atoms with van der Waals surface area (Å²) in [5.74, 6) is -0.228. The summed E-state index contributed by atoms with van der Waals surface area (Å²) in [6.07, 6.45) is 0. The van der Waals surface area contributed by atoms with Crippen molar-refractivity contribution in [2.45, 2.75) is 13.8 Å². The molecule has 1 amide bonds. The number of hydrogen-bond acceptors (Lipinski definition) is 4. The van der Waals surface area contributed by atoms with Crippen LogP contribution in [0, 0.1) is 12.7 Å². The van der Waals surface area contributed by atoms with E-state index in [2.05, 4.69) is 15.3 Å². The van der Waals surface area contributed by atoms with Crippen LogP contribution < -0.4 is 10.2 Å². The Labute approximate surface area is 151 Å². The first-order valence-corrected chi connectivity index (χ1v) is 8.32. The lowest BCUT2D eigenvalue weighted by Gasteiger charge is -2.21. The van der Waals surface area contributed by atoms with E-state index in [1.165, 1.54) is 12.1 Å². The number of para-hydroxylation sites is 1. The van der Waals surface area contributed by atoms with Crippen LogP contribution in [0.15, 0.2) is 60.7 Å². The molecule has 26 heavy (non-hydrogen) atoms. The number of carbonyl (C=O) groups excluding carboxylic acids is 1. The summed E-state index contributed by atoms with van der Waals surface area (Å²) in [5, 5.41) is 3.00. The fraction of sp³-hybridized carbons (Fsp3) is 0.150. The Morgan fingerprint density at radius 3 is 2.42 bits per heavy atom. The van der Waals surface area contributed by atoms with Gasteiger partial charge in [-0.25, -0.2) is 14.4 Å². The Kier molecular flexibility index (Phi) is 5.22. The molecular formula is C20H19FN4O. The quantitative estimate of drug-likeness (QED) is 0.744. The lowest BCUT2D eigenvalue weighted by atomic mass is 10.2. The average Bonchev–Trinajstić information content (AvgIpc) is 2.64. The molecule has 0 atom stereocenters. The number of benzene rings is 2. The van der Waals surface area contributed by atoms with Crippen LogP contribution in [0.4, 0.5) is 21.7 Å². The van der Waals surface area contributed by atoms with Gasteiger partial charge in [0.25, 0.3) is 5.91 Å². The molecule has 1 N–H and O–H groups in total. The van der Waals surface area contributed by atoms with Gasteiger partial charge in [0.1, 0.15) is 11.5 Å². The molecule has 0 bridgehead atoms. The smallest absolute Gasteiger partial charge is 0.277 e. The van der Waals surface area contributed by atoms with E-state index in [-0.39, 0.29) is 11.7 Å². The van der Waals surface area contributed by atoms with Gasteiger partial charge in [0, 0.05) is 23.6 Å². The topological polar surface area (TPSA) is 58.1 Å². The van der Waals surface area contributed by atoms with Crippen LogP contribution in [-0.2, 0) is 0 Å². The number of aryl methyl sites for hydroxylation is 1. The highest BCUT2D eigenvalue weighted by Gasteiger charge is 2.18. The molecule has 6 heteroatoms. The lowest BCUT2D eigenvalue weighted by Crippen LogP contribution is -2.31. The summed E-state index contributed by atoms with van der Waals surface area (Å²) in [6.45, 7) is 4.23. The second-order valence-corrected chi connectivity index (χ2v) is 5.74. The van der Waals surface area contributed by atoms with E-state index < -0.39 is 0 Å². The summed E-state index contributed by atoms with van der Waals surface area (Å²) < 4.78 is 13.0. The molecule has 3 rings (SSSR count). The molecular weight excluding hydrogens is 331 g/mol. The Morgan fingerprint density at radius 1 is 1.08 bits per heavy atom. The number of rotatable bonds is 5. The monoisotopic (exact) mass is 350 g/mol. The Bertz CT molecular complexity index is 897. The fourth-order valence-electron chi connectivity index (χ4n) is 2.59. The van der Waals surface area contributed by atoms with Crippen molar-refractivity contribution in [3.05, 3.63) is 77.9 Å². The fourth-order valence-corrected chi connectivity index (χ4v) is 2.59. The third-order valence-corrected chi connectivity index (χ3v) is 3.80. The van der Waals surface area contributed by atoms with E-state index in [9.17, 15) is 9.18 Å². The van der Waals surface area contributed by atoms with E-state index in [0.717, 1.165) is 5.69 Å². The average molecular weight is 350 g/mol. The van der Waals surface area contributed by atoms with Gasteiger partial charge >= 0.3 is 0 Å². The Balaban J connectivity index is 1.88. The zero-order valence-corrected chi connectivity index (χ0v) is 14.6. The molecule has 0 radical (unpaired) electrons. The predicted molar refractivity (Wildman–Crippen MR) is 100 cm³/mol. The SMILES string of the molecule is CCN(C(=O)c1cc(C)nc(Nc2ccc(F)cc2)n1)c1ccccc1. The number of nitrogens with one attached hydrogen (secondary N) is 1. The molecule has 0 aliphatic rings. The number of aromatic nitrogens is 2. The lowest BCUT2D eigenvalue weighted by molar-refractivity contribution is 0.0983. The van der Waals surface area contributed by atoms with Gasteiger partial charge in [0.05, 0.1) is 0 Å². The molecule has 132 valence electrons. The second-order valence-electron chi connectivity index (χ2n) is 5.74. The summed E-state index contributed by atoms with van der Waals surface area (Å²) >= 11 is 0. The number of hydrogen-bond donors (Lipinski definition) is 1. The van der Waals surface area contributed by atoms with E-state index >= 15 is 0 Å². The van der Waals surface area contributed by atoms with Crippen molar-refractivity contribution in [2.24, 2.45) is 0 Å². The molecule has 0 unspecified atom stereocenters. The molecule has 3 aromatic rings. The Hall–Kier alpha value is -3.28. The number of halogens is 1. The largest absolute Gasteiger partial charge is 0.324 e. The van der Waals surface area contributed by atoms with Crippen LogP contribution in [0.3, 0.4) is 0 Å². The molecule has 0 saturated carbocycles. The first-order chi connectivity index (χ1) is 12.6. The summed E-state index contributed by atoms with van der Waals surface area (Å²) in [6, 6.07) is 17.0. The van der Waals surface area contributed by atoms with Gasteiger partial charge in [-0.1, -0.05) is 18.2 Å². The van der Waals surface area contributed by atoms with Crippen LogP contribution >= 0.6 is 0 Å². The normalized spacial score (nSPS) is 10.4. The van der Waals surface area contributed by atoms with E-state index in [0.29, 0.717) is 29.6 Å². The molecule has 1 heterocycles. The zero-order valence-electron chi connectivity index (χ0n) is 14.6. The highest BCUT2D eigenvalue weighted by atomic mass is 19.1. The van der Waals surface area contributed by atoms with Crippen molar-refractivity contribution in [1.29, 1.82) is 0 Å². The van der Waals surface area contributed by atoms with Gasteiger partial charge in [-0.3, -0.25) is 4.79 Å². The molecule has 1 aromatic heterocycles. The summed E-state index contributed by atoms with van der Waals surface area (Å²) in [4.78, 5) is 23.2. The minimum absolute atomic E-state index is 0.202. The zero-order chi connectivity index (χ0) is 18.5. The van der Waals surface area contributed by atoms with Gasteiger partial charge < -0.3 is 10.2 Å². The minimum Gasteiger partial charge on any atom is -0.324 e. The van der Waals surface area contributed by atoms with E-state index in [4.69, 9.17) is 0 Å². The minimum atomic E-state index is -0.321. The third-order valence-electron chi connectivity index (χ3n) is 3.80. The van der Waals surface area contributed by atoms with Crippen molar-refractivity contribution in [3.63, 3.8) is 0 Å². The number of nitrogens with zero attached hydrogens (tertiary/aromatic N) is 3. The standard InChI is InChI=1S/C20H19FN4O/c1-3-25(17-7-5-4-6-8-17)19(26)18-13-14(2)22-20(24-18)23-16-11-9-15(21)10-12-16/h4-13H,3H2,1-2H3,(H,22,23,24). The first-order valence-electron chi connectivity index (χ1n) is 8.32. The van der Waals surface area contributed by atoms with Gasteiger partial charge in [-0.2, -0.15) is 0 Å². The van der Waals surface area contributed by atoms with E-state index in [1.54, 1.807) is 30.0 Å². The number of amides is 1. The highest BCUT2D eigenvalue weighted by molar-refractivity contribution is 6.05. The number of carbonyl (C=O) groups is 1. The van der Waals surface area contributed by atoms with Crippen LogP contribution in [0.2, 0.25) is 0 Å². The van der Waals surface area contributed by atoms with Crippen LogP contribution in [-0.4, -0.2) is 22.4 Å². The van der Waals surface area contributed by atoms with Crippen molar-refractivity contribution in [3.8, 4) is 0 Å². The van der Waals surface area contributed by atoms with Crippen LogP contribution in [0.5, 0.6) is 0 Å². The van der Waals surface area contributed by atoms with Crippen molar-refractivity contribution >= 4 is 23.2 Å². The van der Waals surface area contributed by atoms with Crippen molar-refractivity contribution < 1.29 is 9.18 Å². The predicted octanol–water partition coefficient (Wildman–Crippen LogP) is 4.33. The van der Waals surface area contributed by atoms with Crippen LogP contribution in [0.25, 0.3) is 0 Å². The summed E-state index contributed by atoms with van der Waals surface area (Å²) in [5.41, 5.74) is 2.42. The Morgan fingerprint density at radius 2 is 1.77 bits per heavy atom. The second kappa shape index (κ2) is 7.74. The molecule has 2 aromatic carbocycles. The van der Waals surface area contributed by atoms with Crippen LogP contribution in [0.1, 0.15) is 23.1 Å². The molecule has 0 aliphatic heterocycles. The maximum Gasteiger partial charge on any atom is 0.277 e. The van der Waals surface area contributed by atoms with Crippen molar-refractivity contribution in [2.75, 3.05) is 16.8 Å². The molecule has 0 spiro atoms.